The molecular formula is C21H31ClN2O. The maximum Gasteiger partial charge on any atom is 0.0500 e. The molecule has 0 N–H and O–H groups in total. The number of likely N-dealkylation sites (tertiary alicyclic amines) is 2. The summed E-state index contributed by atoms with van der Waals surface area (Å²) in [5.41, 5.74) is 1.26. The van der Waals surface area contributed by atoms with Gasteiger partial charge in [0.05, 0.1) is 6.61 Å². The quantitative estimate of drug-likeness (QED) is 0.652. The van der Waals surface area contributed by atoms with Crippen LogP contribution in [0.4, 0.5) is 0 Å². The van der Waals surface area contributed by atoms with Gasteiger partial charge in [0.2, 0.25) is 0 Å². The second-order valence-corrected chi connectivity index (χ2v) is 8.52. The fourth-order valence-electron chi connectivity index (χ4n) is 4.77. The largest absolute Gasteiger partial charge is 0.381 e. The van der Waals surface area contributed by atoms with Crippen LogP contribution in [-0.2, 0) is 11.3 Å². The number of rotatable bonds is 8. The molecule has 0 bridgehead atoms. The van der Waals surface area contributed by atoms with Crippen LogP contribution < -0.4 is 0 Å². The summed E-state index contributed by atoms with van der Waals surface area (Å²) in [6, 6.07) is 8.23. The van der Waals surface area contributed by atoms with Crippen molar-refractivity contribution in [3.8, 4) is 0 Å². The van der Waals surface area contributed by atoms with Gasteiger partial charge in [0.1, 0.15) is 0 Å². The minimum absolute atomic E-state index is 0.817. The molecule has 1 aromatic rings. The lowest BCUT2D eigenvalue weighted by molar-refractivity contribution is 0.0967. The number of piperidine rings is 2. The normalized spacial score (nSPS) is 29.7. The van der Waals surface area contributed by atoms with E-state index in [1.165, 1.54) is 64.0 Å². The molecule has 0 spiro atoms. The van der Waals surface area contributed by atoms with Gasteiger partial charge in [0.25, 0.3) is 0 Å². The number of hydrogen-bond acceptors (Lipinski definition) is 3. The second kappa shape index (κ2) is 8.39. The first kappa shape index (κ1) is 17.8. The zero-order valence-electron chi connectivity index (χ0n) is 15.2. The SMILES string of the molecule is Clc1ccccc1CN1C[C@@H]2C(COCCCN3CCCCC3)[C@@H]2C1. The van der Waals surface area contributed by atoms with Crippen molar-refractivity contribution < 1.29 is 4.74 Å². The first-order valence-corrected chi connectivity index (χ1v) is 10.4. The molecule has 1 aliphatic carbocycles. The molecule has 25 heavy (non-hydrogen) atoms. The van der Waals surface area contributed by atoms with E-state index in [9.17, 15) is 0 Å². The van der Waals surface area contributed by atoms with Gasteiger partial charge in [0, 0.05) is 37.8 Å². The molecule has 4 rings (SSSR count). The number of halogens is 1. The van der Waals surface area contributed by atoms with Crippen molar-refractivity contribution in [2.45, 2.75) is 32.2 Å². The molecule has 2 aliphatic heterocycles. The third-order valence-electron chi connectivity index (χ3n) is 6.32. The monoisotopic (exact) mass is 362 g/mol. The summed E-state index contributed by atoms with van der Waals surface area (Å²) < 4.78 is 5.99. The Hall–Kier alpha value is -0.610. The molecule has 0 aromatic heterocycles. The van der Waals surface area contributed by atoms with Gasteiger partial charge in [0.15, 0.2) is 0 Å². The summed E-state index contributed by atoms with van der Waals surface area (Å²) in [6.45, 7) is 9.18. The van der Waals surface area contributed by atoms with Gasteiger partial charge in [-0.05, 0) is 61.7 Å². The van der Waals surface area contributed by atoms with E-state index in [4.69, 9.17) is 16.3 Å². The van der Waals surface area contributed by atoms with E-state index in [1.54, 1.807) is 0 Å². The predicted molar refractivity (Wildman–Crippen MR) is 103 cm³/mol. The molecule has 3 fully saturated rings. The van der Waals surface area contributed by atoms with Crippen molar-refractivity contribution in [2.24, 2.45) is 17.8 Å². The molecule has 3 aliphatic rings. The standard InChI is InChI=1S/C21H31ClN2O/c22-21-8-3-2-7-17(21)13-24-14-18-19(15-24)20(18)16-25-12-6-11-23-9-4-1-5-10-23/h2-3,7-8,18-20H,1,4-6,9-16H2/t18-,19+,20?. The third kappa shape index (κ3) is 4.57. The van der Waals surface area contributed by atoms with Crippen molar-refractivity contribution >= 4 is 11.6 Å². The molecule has 1 saturated carbocycles. The second-order valence-electron chi connectivity index (χ2n) is 8.11. The lowest BCUT2D eigenvalue weighted by Crippen LogP contribution is -2.31. The summed E-state index contributed by atoms with van der Waals surface area (Å²) in [5.74, 6) is 2.55. The van der Waals surface area contributed by atoms with Crippen LogP contribution in [0.5, 0.6) is 0 Å². The van der Waals surface area contributed by atoms with Gasteiger partial charge in [-0.3, -0.25) is 4.90 Å². The highest BCUT2D eigenvalue weighted by molar-refractivity contribution is 6.31. The predicted octanol–water partition coefficient (Wildman–Crippen LogP) is 3.91. The fraction of sp³-hybridized carbons (Fsp3) is 0.714. The summed E-state index contributed by atoms with van der Waals surface area (Å²) >= 11 is 6.28. The molecule has 1 aromatic carbocycles. The Balaban J connectivity index is 1.08. The van der Waals surface area contributed by atoms with Crippen LogP contribution in [-0.4, -0.2) is 55.7 Å². The van der Waals surface area contributed by atoms with Crippen molar-refractivity contribution in [1.29, 1.82) is 0 Å². The van der Waals surface area contributed by atoms with Crippen molar-refractivity contribution in [3.05, 3.63) is 34.9 Å². The van der Waals surface area contributed by atoms with E-state index in [0.717, 1.165) is 42.5 Å². The average Bonchev–Trinajstić information content (AvgIpc) is 3.09. The minimum atomic E-state index is 0.817. The van der Waals surface area contributed by atoms with Crippen LogP contribution in [0.15, 0.2) is 24.3 Å². The summed E-state index contributed by atoms with van der Waals surface area (Å²) in [6.07, 6.45) is 5.39. The van der Waals surface area contributed by atoms with Crippen molar-refractivity contribution in [3.63, 3.8) is 0 Å². The Morgan fingerprint density at radius 2 is 1.76 bits per heavy atom. The first-order valence-electron chi connectivity index (χ1n) is 10.1. The van der Waals surface area contributed by atoms with E-state index in [2.05, 4.69) is 21.9 Å². The number of nitrogens with zero attached hydrogens (tertiary/aromatic N) is 2. The van der Waals surface area contributed by atoms with E-state index < -0.39 is 0 Å². The number of fused-ring (bicyclic) bond motifs is 1. The Morgan fingerprint density at radius 3 is 2.52 bits per heavy atom. The number of benzene rings is 1. The van der Waals surface area contributed by atoms with Crippen LogP contribution in [0.25, 0.3) is 0 Å². The number of hydrogen-bond donors (Lipinski definition) is 0. The minimum Gasteiger partial charge on any atom is -0.381 e. The van der Waals surface area contributed by atoms with E-state index in [-0.39, 0.29) is 0 Å². The molecule has 0 radical (unpaired) electrons. The zero-order chi connectivity index (χ0) is 17.1. The third-order valence-corrected chi connectivity index (χ3v) is 6.69. The number of ether oxygens (including phenoxy) is 1. The van der Waals surface area contributed by atoms with Crippen LogP contribution >= 0.6 is 11.6 Å². The van der Waals surface area contributed by atoms with Gasteiger partial charge < -0.3 is 9.64 Å². The maximum absolute atomic E-state index is 6.28. The van der Waals surface area contributed by atoms with Gasteiger partial charge in [-0.25, -0.2) is 0 Å². The smallest absolute Gasteiger partial charge is 0.0500 e. The maximum atomic E-state index is 6.28. The highest BCUT2D eigenvalue weighted by Gasteiger charge is 2.55. The molecule has 138 valence electrons. The van der Waals surface area contributed by atoms with E-state index in [0.29, 0.717) is 0 Å². The average molecular weight is 363 g/mol. The Kier molecular flexibility index (Phi) is 5.97. The molecule has 2 saturated heterocycles. The highest BCUT2D eigenvalue weighted by Crippen LogP contribution is 2.52. The van der Waals surface area contributed by atoms with Gasteiger partial charge in [-0.1, -0.05) is 36.2 Å². The Bertz CT molecular complexity index is 549. The molecule has 2 heterocycles. The summed E-state index contributed by atoms with van der Waals surface area (Å²) in [7, 11) is 0. The molecule has 4 heteroatoms. The van der Waals surface area contributed by atoms with Gasteiger partial charge in [-0.2, -0.15) is 0 Å². The summed E-state index contributed by atoms with van der Waals surface area (Å²) in [4.78, 5) is 5.16. The van der Waals surface area contributed by atoms with Crippen LogP contribution in [0.2, 0.25) is 5.02 Å². The topological polar surface area (TPSA) is 15.7 Å². The summed E-state index contributed by atoms with van der Waals surface area (Å²) in [5, 5.41) is 0.900. The molecule has 3 nitrogen and oxygen atoms in total. The zero-order valence-corrected chi connectivity index (χ0v) is 16.0. The van der Waals surface area contributed by atoms with Crippen molar-refractivity contribution in [2.75, 3.05) is 45.9 Å². The molecule has 3 atom stereocenters. The highest BCUT2D eigenvalue weighted by atomic mass is 35.5. The van der Waals surface area contributed by atoms with Gasteiger partial charge in [-0.15, -0.1) is 0 Å². The lowest BCUT2D eigenvalue weighted by Gasteiger charge is -2.26. The Labute approximate surface area is 157 Å². The van der Waals surface area contributed by atoms with Crippen molar-refractivity contribution in [1.82, 2.24) is 9.80 Å². The van der Waals surface area contributed by atoms with E-state index >= 15 is 0 Å². The van der Waals surface area contributed by atoms with E-state index in [1.807, 2.05) is 12.1 Å². The first-order chi connectivity index (χ1) is 12.3. The van der Waals surface area contributed by atoms with Gasteiger partial charge >= 0.3 is 0 Å². The lowest BCUT2D eigenvalue weighted by atomic mass is 10.1. The van der Waals surface area contributed by atoms with Crippen LogP contribution in [0.3, 0.4) is 0 Å². The van der Waals surface area contributed by atoms with Crippen LogP contribution in [0, 0.1) is 17.8 Å². The van der Waals surface area contributed by atoms with Crippen LogP contribution in [0.1, 0.15) is 31.2 Å². The molecule has 0 amide bonds. The fourth-order valence-corrected chi connectivity index (χ4v) is 4.97. The Morgan fingerprint density at radius 1 is 1.00 bits per heavy atom. The molecule has 1 unspecified atom stereocenters. The molecular weight excluding hydrogens is 332 g/mol.